The zero-order valence-corrected chi connectivity index (χ0v) is 17.1. The van der Waals surface area contributed by atoms with Crippen LogP contribution in [0.25, 0.3) is 10.9 Å². The molecule has 4 rings (SSSR count). The highest BCUT2D eigenvalue weighted by molar-refractivity contribution is 6.48. The van der Waals surface area contributed by atoms with Gasteiger partial charge in [0.05, 0.1) is 5.56 Å². The Hall–Kier alpha value is -3.48. The van der Waals surface area contributed by atoms with Gasteiger partial charge in [-0.1, -0.05) is 37.1 Å². The first-order chi connectivity index (χ1) is 15.0. The van der Waals surface area contributed by atoms with Crippen LogP contribution in [0.2, 0.25) is 0 Å². The van der Waals surface area contributed by atoms with Gasteiger partial charge in [0, 0.05) is 35.9 Å². The second-order valence-corrected chi connectivity index (χ2v) is 7.78. The van der Waals surface area contributed by atoms with Gasteiger partial charge in [0.25, 0.3) is 11.7 Å². The van der Waals surface area contributed by atoms with Crippen molar-refractivity contribution in [3.63, 3.8) is 0 Å². The Kier molecular flexibility index (Phi) is 6.11. The van der Waals surface area contributed by atoms with Crippen LogP contribution in [0, 0.1) is 5.82 Å². The zero-order chi connectivity index (χ0) is 21.8. The normalized spacial score (nSPS) is 14.3. The number of carbonyl (C=O) groups is 3. The number of aromatic nitrogens is 1. The second kappa shape index (κ2) is 9.12. The Bertz CT molecular complexity index is 1130. The lowest BCUT2D eigenvalue weighted by Gasteiger charge is -2.20. The highest BCUT2D eigenvalue weighted by Gasteiger charge is 2.23. The predicted octanol–water partition coefficient (Wildman–Crippen LogP) is 4.00. The van der Waals surface area contributed by atoms with E-state index in [1.165, 1.54) is 18.2 Å². The first kappa shape index (κ1) is 20.8. The third kappa shape index (κ3) is 4.66. The van der Waals surface area contributed by atoms with E-state index >= 15 is 0 Å². The molecule has 1 aliphatic rings. The number of fused-ring (bicyclic) bond motifs is 1. The molecule has 0 aliphatic carbocycles. The number of nitrogens with zero attached hydrogens (tertiary/aromatic N) is 2. The van der Waals surface area contributed by atoms with Crippen LogP contribution in [-0.4, -0.2) is 40.2 Å². The summed E-state index contributed by atoms with van der Waals surface area (Å²) in [6.07, 6.45) is 5.84. The summed E-state index contributed by atoms with van der Waals surface area (Å²) in [7, 11) is 0. The third-order valence-corrected chi connectivity index (χ3v) is 5.59. The molecule has 2 heterocycles. The van der Waals surface area contributed by atoms with Crippen molar-refractivity contribution in [1.29, 1.82) is 0 Å². The van der Waals surface area contributed by atoms with Gasteiger partial charge < -0.3 is 14.8 Å². The number of likely N-dealkylation sites (tertiary alicyclic amines) is 1. The molecule has 1 saturated heterocycles. The minimum Gasteiger partial charge on any atom is -0.341 e. The van der Waals surface area contributed by atoms with Crippen molar-refractivity contribution in [3.8, 4) is 0 Å². The molecule has 0 unspecified atom stereocenters. The minimum absolute atomic E-state index is 0.00543. The fourth-order valence-corrected chi connectivity index (χ4v) is 4.00. The van der Waals surface area contributed by atoms with E-state index in [0.29, 0.717) is 10.9 Å². The van der Waals surface area contributed by atoms with Gasteiger partial charge in [-0.05, 0) is 37.1 Å². The molecule has 0 bridgehead atoms. The van der Waals surface area contributed by atoms with Gasteiger partial charge in [-0.15, -0.1) is 0 Å². The van der Waals surface area contributed by atoms with Crippen LogP contribution in [0.5, 0.6) is 0 Å². The average molecular weight is 421 g/mol. The first-order valence-corrected chi connectivity index (χ1v) is 10.5. The number of nitrogens with one attached hydrogen (secondary N) is 1. The molecule has 0 atom stereocenters. The molecule has 7 heteroatoms. The Labute approximate surface area is 179 Å². The van der Waals surface area contributed by atoms with Crippen LogP contribution in [0.3, 0.4) is 0 Å². The zero-order valence-electron chi connectivity index (χ0n) is 17.1. The molecule has 1 aromatic heterocycles. The minimum atomic E-state index is -0.854. The molecule has 0 spiro atoms. The summed E-state index contributed by atoms with van der Waals surface area (Å²) in [5.74, 6) is -2.09. The van der Waals surface area contributed by atoms with Crippen molar-refractivity contribution >= 4 is 34.2 Å². The number of para-hydroxylation sites is 1. The number of Topliss-reactive ketones (excluding diaryl/α,β-unsaturated/α-hetero) is 1. The van der Waals surface area contributed by atoms with Crippen molar-refractivity contribution in [1.82, 2.24) is 9.47 Å². The smallest absolute Gasteiger partial charge is 0.296 e. The Morgan fingerprint density at radius 2 is 1.68 bits per heavy atom. The number of hydrogen-bond acceptors (Lipinski definition) is 3. The topological polar surface area (TPSA) is 71.4 Å². The number of halogens is 1. The lowest BCUT2D eigenvalue weighted by atomic mass is 10.1. The van der Waals surface area contributed by atoms with Crippen molar-refractivity contribution in [2.75, 3.05) is 18.4 Å². The maximum atomic E-state index is 13.4. The van der Waals surface area contributed by atoms with Crippen LogP contribution in [0.15, 0.2) is 54.7 Å². The van der Waals surface area contributed by atoms with Crippen LogP contribution in [-0.2, 0) is 16.1 Å². The van der Waals surface area contributed by atoms with Crippen LogP contribution < -0.4 is 5.32 Å². The van der Waals surface area contributed by atoms with Gasteiger partial charge in [-0.3, -0.25) is 14.4 Å². The number of amides is 2. The van der Waals surface area contributed by atoms with E-state index in [1.54, 1.807) is 22.9 Å². The number of rotatable bonds is 5. The molecule has 160 valence electrons. The van der Waals surface area contributed by atoms with Crippen molar-refractivity contribution in [3.05, 3.63) is 66.1 Å². The number of ketones is 1. The summed E-state index contributed by atoms with van der Waals surface area (Å²) in [5, 5.41) is 3.04. The van der Waals surface area contributed by atoms with E-state index < -0.39 is 17.5 Å². The molecule has 0 saturated carbocycles. The Morgan fingerprint density at radius 3 is 2.42 bits per heavy atom. The molecule has 2 amide bonds. The van der Waals surface area contributed by atoms with E-state index in [9.17, 15) is 18.8 Å². The van der Waals surface area contributed by atoms with Gasteiger partial charge in [0.15, 0.2) is 0 Å². The Balaban J connectivity index is 1.57. The summed E-state index contributed by atoms with van der Waals surface area (Å²) in [6.45, 7) is 1.61. The predicted molar refractivity (Wildman–Crippen MR) is 116 cm³/mol. The van der Waals surface area contributed by atoms with Gasteiger partial charge in [0.1, 0.15) is 12.4 Å². The summed E-state index contributed by atoms with van der Waals surface area (Å²) in [4.78, 5) is 40.1. The molecule has 1 N–H and O–H groups in total. The molecule has 1 fully saturated rings. The molecular weight excluding hydrogens is 397 g/mol. The number of hydrogen-bond donors (Lipinski definition) is 1. The summed E-state index contributed by atoms with van der Waals surface area (Å²) >= 11 is 0. The van der Waals surface area contributed by atoms with Gasteiger partial charge in [-0.2, -0.15) is 0 Å². The maximum Gasteiger partial charge on any atom is 0.296 e. The van der Waals surface area contributed by atoms with Crippen molar-refractivity contribution < 1.29 is 18.8 Å². The van der Waals surface area contributed by atoms with E-state index in [1.807, 2.05) is 17.0 Å². The van der Waals surface area contributed by atoms with Crippen LogP contribution in [0.4, 0.5) is 10.1 Å². The maximum absolute atomic E-state index is 13.4. The monoisotopic (exact) mass is 421 g/mol. The average Bonchev–Trinajstić information content (AvgIpc) is 2.93. The Morgan fingerprint density at radius 1 is 0.935 bits per heavy atom. The number of carbonyl (C=O) groups excluding carboxylic acids is 3. The second-order valence-electron chi connectivity index (χ2n) is 7.78. The van der Waals surface area contributed by atoms with Crippen molar-refractivity contribution in [2.24, 2.45) is 0 Å². The third-order valence-electron chi connectivity index (χ3n) is 5.59. The molecule has 0 radical (unpaired) electrons. The fraction of sp³-hybridized carbons (Fsp3) is 0.292. The van der Waals surface area contributed by atoms with Gasteiger partial charge >= 0.3 is 0 Å². The van der Waals surface area contributed by atoms with Crippen molar-refractivity contribution in [2.45, 2.75) is 32.2 Å². The lowest BCUT2D eigenvalue weighted by molar-refractivity contribution is -0.131. The fourth-order valence-electron chi connectivity index (χ4n) is 4.00. The molecule has 31 heavy (non-hydrogen) atoms. The molecular formula is C24H24FN3O3. The number of anilines is 1. The van der Waals surface area contributed by atoms with Gasteiger partial charge in [0.2, 0.25) is 5.91 Å². The first-order valence-electron chi connectivity index (χ1n) is 10.5. The highest BCUT2D eigenvalue weighted by Crippen LogP contribution is 2.23. The summed E-state index contributed by atoms with van der Waals surface area (Å²) < 4.78 is 15.1. The van der Waals surface area contributed by atoms with E-state index in [4.69, 9.17) is 0 Å². The lowest BCUT2D eigenvalue weighted by Crippen LogP contribution is -2.34. The van der Waals surface area contributed by atoms with Crippen LogP contribution >= 0.6 is 0 Å². The standard InChI is InChI=1S/C24H24FN3O3/c25-17-8-7-9-18(14-17)26-24(31)23(30)20-15-28(21-11-4-3-10-19(20)21)16-22(29)27-12-5-1-2-6-13-27/h3-4,7-11,14-15H,1-2,5-6,12-13,16H2,(H,26,31). The SMILES string of the molecule is O=C(Nc1cccc(F)c1)C(=O)c1cn(CC(=O)N2CCCCCC2)c2ccccc12. The molecule has 6 nitrogen and oxygen atoms in total. The highest BCUT2D eigenvalue weighted by atomic mass is 19.1. The summed E-state index contributed by atoms with van der Waals surface area (Å²) in [5.41, 5.74) is 1.14. The van der Waals surface area contributed by atoms with E-state index in [2.05, 4.69) is 5.32 Å². The quantitative estimate of drug-likeness (QED) is 0.500. The van der Waals surface area contributed by atoms with E-state index in [0.717, 1.165) is 44.8 Å². The molecule has 1 aliphatic heterocycles. The van der Waals surface area contributed by atoms with Gasteiger partial charge in [-0.25, -0.2) is 4.39 Å². The van der Waals surface area contributed by atoms with E-state index in [-0.39, 0.29) is 23.7 Å². The largest absolute Gasteiger partial charge is 0.341 e. The summed E-state index contributed by atoms with van der Waals surface area (Å²) in [6, 6.07) is 12.6. The molecule has 2 aromatic carbocycles. The molecule has 3 aromatic rings. The van der Waals surface area contributed by atoms with Crippen LogP contribution in [0.1, 0.15) is 36.0 Å². The number of benzene rings is 2.